The molecule has 0 aliphatic heterocycles. The van der Waals surface area contributed by atoms with Crippen LogP contribution in [-0.2, 0) is 19.6 Å². The summed E-state index contributed by atoms with van der Waals surface area (Å²) in [6.45, 7) is 2.12. The fourth-order valence-electron chi connectivity index (χ4n) is 2.49. The molecule has 2 aromatic heterocycles. The number of methoxy groups -OCH3 is 1. The van der Waals surface area contributed by atoms with E-state index in [0.717, 1.165) is 42.3 Å². The lowest BCUT2D eigenvalue weighted by molar-refractivity contribution is 0.296. The highest BCUT2D eigenvalue weighted by molar-refractivity contribution is 7.09. The summed E-state index contributed by atoms with van der Waals surface area (Å²) in [5.74, 6) is 1.69. The molecule has 0 unspecified atom stereocenters. The van der Waals surface area contributed by atoms with E-state index >= 15 is 0 Å². The number of nitrogens with zero attached hydrogens (tertiary/aromatic N) is 1. The second-order valence-electron chi connectivity index (χ2n) is 5.59. The van der Waals surface area contributed by atoms with E-state index in [0.29, 0.717) is 6.61 Å². The molecule has 1 N–H and O–H groups in total. The highest BCUT2D eigenvalue weighted by Crippen LogP contribution is 2.25. The average Bonchev–Trinajstić information content (AvgIpc) is 3.18. The van der Waals surface area contributed by atoms with Gasteiger partial charge in [-0.3, -0.25) is 4.98 Å². The molecule has 0 radical (unpaired) electrons. The van der Waals surface area contributed by atoms with Crippen molar-refractivity contribution in [3.8, 4) is 11.5 Å². The minimum atomic E-state index is 0.454. The third kappa shape index (κ3) is 5.31. The first kappa shape index (κ1) is 17.5. The number of thiophene rings is 1. The number of aromatic nitrogens is 1. The number of hydrogen-bond donors (Lipinski definition) is 1. The standard InChI is InChI=1S/C20H22N2O2S/c1-23-18-7-8-20(24-15-17-5-2-3-10-22-17)16(13-18)14-21-11-9-19-6-4-12-25-19/h2-8,10,12-13,21H,9,11,14-15H2,1H3. The summed E-state index contributed by atoms with van der Waals surface area (Å²) in [6, 6.07) is 16.0. The maximum atomic E-state index is 5.97. The van der Waals surface area contributed by atoms with Gasteiger partial charge in [0, 0.05) is 29.7 Å². The Morgan fingerprint density at radius 1 is 1.12 bits per heavy atom. The van der Waals surface area contributed by atoms with E-state index in [2.05, 4.69) is 27.8 Å². The molecule has 0 fully saturated rings. The van der Waals surface area contributed by atoms with Crippen LogP contribution in [0, 0.1) is 0 Å². The van der Waals surface area contributed by atoms with Crippen molar-refractivity contribution in [1.29, 1.82) is 0 Å². The van der Waals surface area contributed by atoms with Crippen LogP contribution in [-0.4, -0.2) is 18.6 Å². The molecule has 3 rings (SSSR count). The maximum Gasteiger partial charge on any atom is 0.130 e. The Labute approximate surface area is 152 Å². The zero-order valence-corrected chi connectivity index (χ0v) is 15.1. The number of nitrogens with one attached hydrogen (secondary N) is 1. The summed E-state index contributed by atoms with van der Waals surface area (Å²) in [5.41, 5.74) is 2.00. The zero-order chi connectivity index (χ0) is 17.3. The number of ether oxygens (including phenoxy) is 2. The average molecular weight is 354 g/mol. The van der Waals surface area contributed by atoms with Crippen molar-refractivity contribution >= 4 is 11.3 Å². The monoisotopic (exact) mass is 354 g/mol. The smallest absolute Gasteiger partial charge is 0.130 e. The van der Waals surface area contributed by atoms with Gasteiger partial charge >= 0.3 is 0 Å². The van der Waals surface area contributed by atoms with E-state index < -0.39 is 0 Å². The Balaban J connectivity index is 1.59. The first-order chi connectivity index (χ1) is 12.3. The second-order valence-corrected chi connectivity index (χ2v) is 6.62. The number of rotatable bonds is 9. The Hall–Kier alpha value is -2.37. The summed E-state index contributed by atoms with van der Waals surface area (Å²) < 4.78 is 11.3. The van der Waals surface area contributed by atoms with Crippen molar-refractivity contribution in [2.45, 2.75) is 19.6 Å². The van der Waals surface area contributed by atoms with Crippen LogP contribution < -0.4 is 14.8 Å². The molecular formula is C20H22N2O2S. The number of benzene rings is 1. The molecule has 0 atom stereocenters. The van der Waals surface area contributed by atoms with Gasteiger partial charge in [0.25, 0.3) is 0 Å². The van der Waals surface area contributed by atoms with Crippen molar-refractivity contribution < 1.29 is 9.47 Å². The predicted octanol–water partition coefficient (Wildman–Crippen LogP) is 4.06. The Bertz CT molecular complexity index is 761. The Morgan fingerprint density at radius 2 is 2.08 bits per heavy atom. The van der Waals surface area contributed by atoms with Gasteiger partial charge in [0.1, 0.15) is 18.1 Å². The van der Waals surface area contributed by atoms with Crippen LogP contribution in [0.5, 0.6) is 11.5 Å². The van der Waals surface area contributed by atoms with Gasteiger partial charge in [0.05, 0.1) is 12.8 Å². The third-order valence-corrected chi connectivity index (χ3v) is 4.75. The first-order valence-corrected chi connectivity index (χ1v) is 9.16. The van der Waals surface area contributed by atoms with E-state index in [-0.39, 0.29) is 0 Å². The molecule has 0 aliphatic rings. The zero-order valence-electron chi connectivity index (χ0n) is 14.3. The van der Waals surface area contributed by atoms with Gasteiger partial charge < -0.3 is 14.8 Å². The largest absolute Gasteiger partial charge is 0.497 e. The van der Waals surface area contributed by atoms with Crippen LogP contribution in [0.15, 0.2) is 60.1 Å². The number of hydrogen-bond acceptors (Lipinski definition) is 5. The van der Waals surface area contributed by atoms with Crippen molar-refractivity contribution in [2.24, 2.45) is 0 Å². The summed E-state index contributed by atoms with van der Waals surface area (Å²) in [4.78, 5) is 5.69. The molecule has 130 valence electrons. The van der Waals surface area contributed by atoms with Crippen LogP contribution in [0.25, 0.3) is 0 Å². The van der Waals surface area contributed by atoms with Crippen molar-refractivity contribution in [3.05, 3.63) is 76.2 Å². The van der Waals surface area contributed by atoms with Crippen LogP contribution in [0.4, 0.5) is 0 Å². The van der Waals surface area contributed by atoms with Gasteiger partial charge in [0.2, 0.25) is 0 Å². The molecule has 0 bridgehead atoms. The minimum absolute atomic E-state index is 0.454. The molecule has 0 aliphatic carbocycles. The molecule has 25 heavy (non-hydrogen) atoms. The van der Waals surface area contributed by atoms with Crippen LogP contribution in [0.1, 0.15) is 16.1 Å². The fraction of sp³-hybridized carbons (Fsp3) is 0.250. The molecule has 0 amide bonds. The molecule has 0 saturated carbocycles. The lowest BCUT2D eigenvalue weighted by atomic mass is 10.2. The highest BCUT2D eigenvalue weighted by atomic mass is 32.1. The molecule has 5 heteroatoms. The fourth-order valence-corrected chi connectivity index (χ4v) is 3.20. The van der Waals surface area contributed by atoms with E-state index in [9.17, 15) is 0 Å². The van der Waals surface area contributed by atoms with Crippen LogP contribution in [0.3, 0.4) is 0 Å². The predicted molar refractivity (Wildman–Crippen MR) is 101 cm³/mol. The van der Waals surface area contributed by atoms with Gasteiger partial charge in [-0.25, -0.2) is 0 Å². The van der Waals surface area contributed by atoms with Crippen molar-refractivity contribution in [1.82, 2.24) is 10.3 Å². The normalized spacial score (nSPS) is 10.6. The lowest BCUT2D eigenvalue weighted by Gasteiger charge is -2.13. The van der Waals surface area contributed by atoms with Crippen LogP contribution in [0.2, 0.25) is 0 Å². The van der Waals surface area contributed by atoms with Gasteiger partial charge in [-0.1, -0.05) is 12.1 Å². The summed E-state index contributed by atoms with van der Waals surface area (Å²) in [5, 5.41) is 5.60. The van der Waals surface area contributed by atoms with E-state index in [1.165, 1.54) is 4.88 Å². The Morgan fingerprint density at radius 3 is 2.84 bits per heavy atom. The topological polar surface area (TPSA) is 43.4 Å². The van der Waals surface area contributed by atoms with Gasteiger partial charge in [-0.05, 0) is 48.2 Å². The second kappa shape index (κ2) is 9.20. The van der Waals surface area contributed by atoms with Gasteiger partial charge in [0.15, 0.2) is 0 Å². The van der Waals surface area contributed by atoms with E-state index in [4.69, 9.17) is 9.47 Å². The maximum absolute atomic E-state index is 5.97. The quantitative estimate of drug-likeness (QED) is 0.589. The van der Waals surface area contributed by atoms with E-state index in [1.807, 2.05) is 36.4 Å². The molecular weight excluding hydrogens is 332 g/mol. The molecule has 0 saturated heterocycles. The van der Waals surface area contributed by atoms with Crippen LogP contribution >= 0.6 is 11.3 Å². The molecule has 0 spiro atoms. The Kier molecular flexibility index (Phi) is 6.42. The molecule has 3 aromatic rings. The molecule has 2 heterocycles. The summed E-state index contributed by atoms with van der Waals surface area (Å²) >= 11 is 1.79. The number of pyridine rings is 1. The van der Waals surface area contributed by atoms with Gasteiger partial charge in [-0.15, -0.1) is 11.3 Å². The van der Waals surface area contributed by atoms with Gasteiger partial charge in [-0.2, -0.15) is 0 Å². The van der Waals surface area contributed by atoms with Crippen molar-refractivity contribution in [3.63, 3.8) is 0 Å². The SMILES string of the molecule is COc1ccc(OCc2ccccn2)c(CNCCc2cccs2)c1. The first-order valence-electron chi connectivity index (χ1n) is 8.28. The third-order valence-electron chi connectivity index (χ3n) is 3.81. The van der Waals surface area contributed by atoms with Crippen molar-refractivity contribution in [2.75, 3.05) is 13.7 Å². The summed E-state index contributed by atoms with van der Waals surface area (Å²) in [6.07, 6.45) is 2.81. The highest BCUT2D eigenvalue weighted by Gasteiger charge is 2.07. The lowest BCUT2D eigenvalue weighted by Crippen LogP contribution is -2.17. The minimum Gasteiger partial charge on any atom is -0.497 e. The molecule has 1 aromatic carbocycles. The molecule has 4 nitrogen and oxygen atoms in total. The summed E-state index contributed by atoms with van der Waals surface area (Å²) in [7, 11) is 1.68. The van der Waals surface area contributed by atoms with E-state index in [1.54, 1.807) is 24.6 Å².